The molecule has 0 aliphatic carbocycles. The summed E-state index contributed by atoms with van der Waals surface area (Å²) < 4.78 is 6.96. The molecule has 1 amide bonds. The van der Waals surface area contributed by atoms with Crippen molar-refractivity contribution >= 4 is 23.3 Å². The summed E-state index contributed by atoms with van der Waals surface area (Å²) in [6, 6.07) is 11.6. The molecule has 0 radical (unpaired) electrons. The van der Waals surface area contributed by atoms with Crippen molar-refractivity contribution in [3.05, 3.63) is 70.5 Å². The molecule has 3 aromatic rings. The standard InChI is InChI=1S/C24H28N4O4/c1-15-20(16(2)28(4)26-15)12-13-27(3)22-11-8-18(14-21(22)24(30)31)25-23(29)17-6-9-19(32-5)10-7-17/h6-11,14H,12-13H2,1-5H3,(H,25,29)(H,30,31). The number of ether oxygens (including phenoxy) is 1. The highest BCUT2D eigenvalue weighted by atomic mass is 16.5. The molecule has 168 valence electrons. The molecule has 32 heavy (non-hydrogen) atoms. The molecule has 2 N–H and O–H groups in total. The number of benzene rings is 2. The van der Waals surface area contributed by atoms with Gasteiger partial charge in [0.15, 0.2) is 0 Å². The van der Waals surface area contributed by atoms with Crippen LogP contribution >= 0.6 is 0 Å². The van der Waals surface area contributed by atoms with Crippen LogP contribution in [-0.2, 0) is 13.5 Å². The van der Waals surface area contributed by atoms with E-state index in [-0.39, 0.29) is 11.5 Å². The minimum atomic E-state index is -1.05. The number of hydrogen-bond donors (Lipinski definition) is 2. The van der Waals surface area contributed by atoms with Gasteiger partial charge in [-0.2, -0.15) is 5.10 Å². The Morgan fingerprint density at radius 3 is 2.41 bits per heavy atom. The maximum Gasteiger partial charge on any atom is 0.337 e. The van der Waals surface area contributed by atoms with Gasteiger partial charge < -0.3 is 20.1 Å². The number of amides is 1. The second kappa shape index (κ2) is 9.55. The lowest BCUT2D eigenvalue weighted by molar-refractivity contribution is 0.0697. The third-order valence-corrected chi connectivity index (χ3v) is 5.60. The van der Waals surface area contributed by atoms with E-state index in [0.717, 1.165) is 17.8 Å². The van der Waals surface area contributed by atoms with Gasteiger partial charge in [-0.3, -0.25) is 9.48 Å². The van der Waals surface area contributed by atoms with Gasteiger partial charge in [0.1, 0.15) is 5.75 Å². The van der Waals surface area contributed by atoms with Crippen molar-refractivity contribution in [3.8, 4) is 5.75 Å². The number of hydrogen-bond acceptors (Lipinski definition) is 5. The number of aromatic carboxylic acids is 1. The van der Waals surface area contributed by atoms with E-state index in [1.165, 1.54) is 11.6 Å². The Kier molecular flexibility index (Phi) is 6.82. The molecule has 0 spiro atoms. The summed E-state index contributed by atoms with van der Waals surface area (Å²) >= 11 is 0. The molecule has 3 rings (SSSR count). The van der Waals surface area contributed by atoms with Crippen LogP contribution in [0.3, 0.4) is 0 Å². The van der Waals surface area contributed by atoms with Gasteiger partial charge in [0.25, 0.3) is 5.91 Å². The number of methoxy groups -OCH3 is 1. The number of nitrogens with one attached hydrogen (secondary N) is 1. The van der Waals surface area contributed by atoms with Crippen molar-refractivity contribution in [1.29, 1.82) is 0 Å². The SMILES string of the molecule is COc1ccc(C(=O)Nc2ccc(N(C)CCc3c(C)nn(C)c3C)c(C(=O)O)c2)cc1. The smallest absolute Gasteiger partial charge is 0.337 e. The molecule has 0 atom stereocenters. The van der Waals surface area contributed by atoms with E-state index in [1.807, 2.05) is 37.5 Å². The van der Waals surface area contributed by atoms with Crippen LogP contribution in [0, 0.1) is 13.8 Å². The van der Waals surface area contributed by atoms with Crippen LogP contribution in [-0.4, -0.2) is 47.5 Å². The van der Waals surface area contributed by atoms with E-state index < -0.39 is 5.97 Å². The molecule has 8 nitrogen and oxygen atoms in total. The number of likely N-dealkylation sites (N-methyl/N-ethyl adjacent to an activating group) is 1. The van der Waals surface area contributed by atoms with Gasteiger partial charge in [-0.05, 0) is 68.3 Å². The van der Waals surface area contributed by atoms with Gasteiger partial charge in [-0.1, -0.05) is 0 Å². The Hall–Kier alpha value is -3.81. The molecule has 0 bridgehead atoms. The number of aromatic nitrogens is 2. The topological polar surface area (TPSA) is 96.7 Å². The molecule has 1 heterocycles. The van der Waals surface area contributed by atoms with Gasteiger partial charge in [0.05, 0.1) is 24.1 Å². The van der Waals surface area contributed by atoms with Crippen LogP contribution in [0.25, 0.3) is 0 Å². The summed E-state index contributed by atoms with van der Waals surface area (Å²) in [5.41, 5.74) is 4.82. The molecule has 8 heteroatoms. The van der Waals surface area contributed by atoms with Crippen LogP contribution in [0.4, 0.5) is 11.4 Å². The molecule has 0 unspecified atom stereocenters. The predicted octanol–water partition coefficient (Wildman–Crippen LogP) is 3.67. The van der Waals surface area contributed by atoms with E-state index in [4.69, 9.17) is 4.74 Å². The summed E-state index contributed by atoms with van der Waals surface area (Å²) in [4.78, 5) is 26.4. The van der Waals surface area contributed by atoms with Crippen molar-refractivity contribution in [2.45, 2.75) is 20.3 Å². The number of carboxylic acids is 1. The lowest BCUT2D eigenvalue weighted by Gasteiger charge is -2.22. The molecular formula is C24H28N4O4. The highest BCUT2D eigenvalue weighted by Gasteiger charge is 2.17. The van der Waals surface area contributed by atoms with Crippen LogP contribution in [0.2, 0.25) is 0 Å². The van der Waals surface area contributed by atoms with Crippen LogP contribution in [0.5, 0.6) is 5.75 Å². The fraction of sp³-hybridized carbons (Fsp3) is 0.292. The minimum Gasteiger partial charge on any atom is -0.497 e. The summed E-state index contributed by atoms with van der Waals surface area (Å²) in [5.74, 6) is -0.729. The molecule has 0 fully saturated rings. The number of rotatable bonds is 8. The Bertz CT molecular complexity index is 1140. The molecule has 2 aromatic carbocycles. The minimum absolute atomic E-state index is 0.125. The second-order valence-corrected chi connectivity index (χ2v) is 7.66. The monoisotopic (exact) mass is 436 g/mol. The Labute approximate surface area is 187 Å². The zero-order valence-electron chi connectivity index (χ0n) is 19.0. The van der Waals surface area contributed by atoms with E-state index in [9.17, 15) is 14.7 Å². The highest BCUT2D eigenvalue weighted by molar-refractivity contribution is 6.05. The normalized spacial score (nSPS) is 10.7. The Balaban J connectivity index is 1.76. The second-order valence-electron chi connectivity index (χ2n) is 7.66. The molecule has 1 aromatic heterocycles. The first-order chi connectivity index (χ1) is 15.2. The average molecular weight is 437 g/mol. The first-order valence-electron chi connectivity index (χ1n) is 10.2. The van der Waals surface area contributed by atoms with Crippen molar-refractivity contribution in [2.75, 3.05) is 30.9 Å². The van der Waals surface area contributed by atoms with Crippen molar-refractivity contribution < 1.29 is 19.4 Å². The van der Waals surface area contributed by atoms with E-state index in [2.05, 4.69) is 10.4 Å². The molecule has 0 saturated heterocycles. The summed E-state index contributed by atoms with van der Waals surface area (Å²) in [5, 5.41) is 17.0. The van der Waals surface area contributed by atoms with E-state index in [0.29, 0.717) is 29.2 Å². The predicted molar refractivity (Wildman–Crippen MR) is 124 cm³/mol. The largest absolute Gasteiger partial charge is 0.497 e. The average Bonchev–Trinajstić information content (AvgIpc) is 3.02. The van der Waals surface area contributed by atoms with Gasteiger partial charge in [0.2, 0.25) is 0 Å². The van der Waals surface area contributed by atoms with Crippen LogP contribution in [0.15, 0.2) is 42.5 Å². The Morgan fingerprint density at radius 2 is 1.84 bits per heavy atom. The number of carboxylic acid groups (broad SMARTS) is 1. The zero-order valence-corrected chi connectivity index (χ0v) is 19.0. The number of aryl methyl sites for hydroxylation is 2. The quantitative estimate of drug-likeness (QED) is 0.559. The lowest BCUT2D eigenvalue weighted by atomic mass is 10.1. The lowest BCUT2D eigenvalue weighted by Crippen LogP contribution is -2.23. The maximum absolute atomic E-state index is 12.5. The molecule has 0 aliphatic heterocycles. The van der Waals surface area contributed by atoms with Gasteiger partial charge >= 0.3 is 5.97 Å². The van der Waals surface area contributed by atoms with Crippen molar-refractivity contribution in [1.82, 2.24) is 9.78 Å². The molecule has 0 saturated carbocycles. The third-order valence-electron chi connectivity index (χ3n) is 5.60. The van der Waals surface area contributed by atoms with Crippen LogP contribution < -0.4 is 15.0 Å². The van der Waals surface area contributed by atoms with Gasteiger partial charge in [-0.25, -0.2) is 4.79 Å². The third kappa shape index (κ3) is 4.91. The fourth-order valence-electron chi connectivity index (χ4n) is 3.64. The van der Waals surface area contributed by atoms with Gasteiger partial charge in [0, 0.05) is 37.6 Å². The van der Waals surface area contributed by atoms with Crippen molar-refractivity contribution in [3.63, 3.8) is 0 Å². The first-order valence-corrected chi connectivity index (χ1v) is 10.2. The Morgan fingerprint density at radius 1 is 1.16 bits per heavy atom. The first kappa shape index (κ1) is 22.9. The molecular weight excluding hydrogens is 408 g/mol. The maximum atomic E-state index is 12.5. The summed E-state index contributed by atoms with van der Waals surface area (Å²) in [6.07, 6.45) is 0.747. The number of carbonyl (C=O) groups excluding carboxylic acids is 1. The number of nitrogens with zero attached hydrogens (tertiary/aromatic N) is 3. The number of carbonyl (C=O) groups is 2. The molecule has 0 aliphatic rings. The van der Waals surface area contributed by atoms with Gasteiger partial charge in [-0.15, -0.1) is 0 Å². The highest BCUT2D eigenvalue weighted by Crippen LogP contribution is 2.25. The zero-order chi connectivity index (χ0) is 23.4. The summed E-state index contributed by atoms with van der Waals surface area (Å²) in [7, 11) is 5.33. The summed E-state index contributed by atoms with van der Waals surface area (Å²) in [6.45, 7) is 4.63. The van der Waals surface area contributed by atoms with Crippen LogP contribution in [0.1, 0.15) is 37.7 Å². The van der Waals surface area contributed by atoms with E-state index >= 15 is 0 Å². The fourth-order valence-corrected chi connectivity index (χ4v) is 3.64. The van der Waals surface area contributed by atoms with Crippen molar-refractivity contribution in [2.24, 2.45) is 7.05 Å². The number of anilines is 2. The van der Waals surface area contributed by atoms with E-state index in [1.54, 1.807) is 43.5 Å².